The first kappa shape index (κ1) is 18.5. The van der Waals surface area contributed by atoms with Gasteiger partial charge in [-0.15, -0.1) is 6.58 Å². The van der Waals surface area contributed by atoms with Gasteiger partial charge in [0, 0.05) is 24.8 Å². The minimum Gasteiger partial charge on any atom is -0.365 e. The van der Waals surface area contributed by atoms with Gasteiger partial charge in [0.25, 0.3) is 11.1 Å². The Morgan fingerprint density at radius 2 is 1.92 bits per heavy atom. The van der Waals surface area contributed by atoms with E-state index in [0.717, 1.165) is 28.5 Å². The van der Waals surface area contributed by atoms with Gasteiger partial charge in [-0.2, -0.15) is 0 Å². The number of thioether (sulfide) groups is 1. The van der Waals surface area contributed by atoms with Crippen molar-refractivity contribution in [2.75, 3.05) is 18.5 Å². The number of aryl methyl sites for hydroxylation is 1. The molecule has 0 radical (unpaired) electrons. The van der Waals surface area contributed by atoms with Crippen LogP contribution in [0.5, 0.6) is 0 Å². The first-order chi connectivity index (χ1) is 12.2. The van der Waals surface area contributed by atoms with Gasteiger partial charge in [0.1, 0.15) is 0 Å². The monoisotopic (exact) mass is 368 g/mol. The molecule has 1 aromatic carbocycles. The molecule has 5 heteroatoms. The summed E-state index contributed by atoms with van der Waals surface area (Å²) in [6.07, 6.45) is 5.65. The summed E-state index contributed by atoms with van der Waals surface area (Å²) in [5, 5.41) is -0.241. The van der Waals surface area contributed by atoms with Gasteiger partial charge in [-0.05, 0) is 74.4 Å². The van der Waals surface area contributed by atoms with Gasteiger partial charge < -0.3 is 4.90 Å². The maximum Gasteiger partial charge on any atom is 0.293 e. The van der Waals surface area contributed by atoms with Crippen molar-refractivity contribution >= 4 is 40.2 Å². The van der Waals surface area contributed by atoms with E-state index in [0.29, 0.717) is 4.91 Å². The maximum atomic E-state index is 12.5. The molecule has 4 nitrogen and oxygen atoms in total. The van der Waals surface area contributed by atoms with Crippen LogP contribution in [0, 0.1) is 6.92 Å². The number of imide groups is 1. The molecular formula is C21H24N2O2S. The number of hydrogen-bond donors (Lipinski definition) is 0. The summed E-state index contributed by atoms with van der Waals surface area (Å²) in [7, 11) is 2.10. The van der Waals surface area contributed by atoms with Gasteiger partial charge in [0.15, 0.2) is 0 Å². The summed E-state index contributed by atoms with van der Waals surface area (Å²) in [5.41, 5.74) is 5.57. The van der Waals surface area contributed by atoms with Crippen LogP contribution in [-0.4, -0.2) is 35.2 Å². The van der Waals surface area contributed by atoms with Gasteiger partial charge in [-0.1, -0.05) is 12.2 Å². The maximum absolute atomic E-state index is 12.5. The van der Waals surface area contributed by atoms with Crippen LogP contribution in [0.3, 0.4) is 0 Å². The number of carbonyl (C=O) groups is 2. The summed E-state index contributed by atoms with van der Waals surface area (Å²) in [4.78, 5) is 28.4. The van der Waals surface area contributed by atoms with Crippen molar-refractivity contribution in [1.29, 1.82) is 0 Å². The first-order valence-corrected chi connectivity index (χ1v) is 9.42. The highest BCUT2D eigenvalue weighted by Gasteiger charge is 2.34. The number of anilines is 1. The van der Waals surface area contributed by atoms with Gasteiger partial charge >= 0.3 is 0 Å². The molecule has 1 fully saturated rings. The fraction of sp³-hybridized carbons (Fsp3) is 0.333. The fourth-order valence-corrected chi connectivity index (χ4v) is 4.24. The predicted octanol–water partition coefficient (Wildman–Crippen LogP) is 4.85. The average Bonchev–Trinajstić information content (AvgIpc) is 2.82. The topological polar surface area (TPSA) is 40.6 Å². The number of likely N-dealkylation sites (N-methyl/N-ethyl adjacent to an activating group) is 1. The smallest absolute Gasteiger partial charge is 0.293 e. The van der Waals surface area contributed by atoms with E-state index in [-0.39, 0.29) is 23.2 Å². The van der Waals surface area contributed by atoms with Gasteiger partial charge in [-0.3, -0.25) is 14.5 Å². The lowest BCUT2D eigenvalue weighted by Gasteiger charge is -2.41. The third-order valence-corrected chi connectivity index (χ3v) is 5.98. The van der Waals surface area contributed by atoms with Gasteiger partial charge in [0.05, 0.1) is 10.4 Å². The van der Waals surface area contributed by atoms with Crippen LogP contribution < -0.4 is 4.90 Å². The van der Waals surface area contributed by atoms with Crippen molar-refractivity contribution in [3.63, 3.8) is 0 Å². The normalized spacial score (nSPS) is 20.5. The first-order valence-electron chi connectivity index (χ1n) is 8.60. The van der Waals surface area contributed by atoms with Crippen LogP contribution in [0.15, 0.2) is 35.8 Å². The molecule has 2 heterocycles. The summed E-state index contributed by atoms with van der Waals surface area (Å²) >= 11 is 0.990. The number of benzene rings is 1. The number of nitrogens with zero attached hydrogens (tertiary/aromatic N) is 2. The highest BCUT2D eigenvalue weighted by Crippen LogP contribution is 2.40. The predicted molar refractivity (Wildman–Crippen MR) is 110 cm³/mol. The Labute approximate surface area is 159 Å². The van der Waals surface area contributed by atoms with E-state index < -0.39 is 0 Å². The van der Waals surface area contributed by atoms with Crippen molar-refractivity contribution < 1.29 is 9.59 Å². The molecule has 0 atom stereocenters. The molecule has 0 unspecified atom stereocenters. The third-order valence-electron chi connectivity index (χ3n) is 5.08. The number of fused-ring (bicyclic) bond motifs is 1. The molecule has 3 rings (SSSR count). The van der Waals surface area contributed by atoms with E-state index in [9.17, 15) is 9.59 Å². The molecule has 0 spiro atoms. The highest BCUT2D eigenvalue weighted by molar-refractivity contribution is 8.18. The molecule has 136 valence electrons. The Bertz CT molecular complexity index is 880. The average molecular weight is 369 g/mol. The minimum absolute atomic E-state index is 0.0433. The summed E-state index contributed by atoms with van der Waals surface area (Å²) in [6, 6.07) is 4.27. The molecule has 26 heavy (non-hydrogen) atoms. The second kappa shape index (κ2) is 6.47. The SMILES string of the molecule is C=CCN1C(=O)S/C(=C/c2cc3c(cc2C)N(C)C(C)(C)C=C3C)C1=O. The molecule has 2 aliphatic rings. The largest absolute Gasteiger partial charge is 0.365 e. The lowest BCUT2D eigenvalue weighted by Crippen LogP contribution is -2.42. The molecular weight excluding hydrogens is 344 g/mol. The Morgan fingerprint density at radius 1 is 1.23 bits per heavy atom. The van der Waals surface area contributed by atoms with E-state index >= 15 is 0 Å². The summed E-state index contributed by atoms with van der Waals surface area (Å²) in [5.74, 6) is -0.248. The second-order valence-corrected chi connectivity index (χ2v) is 8.34. The number of carbonyl (C=O) groups excluding carboxylic acids is 2. The Balaban J connectivity index is 2.04. The van der Waals surface area contributed by atoms with E-state index in [1.807, 2.05) is 13.0 Å². The van der Waals surface area contributed by atoms with Crippen LogP contribution in [0.25, 0.3) is 11.6 Å². The van der Waals surface area contributed by atoms with Crippen molar-refractivity contribution in [2.45, 2.75) is 33.2 Å². The van der Waals surface area contributed by atoms with Crippen molar-refractivity contribution in [3.05, 3.63) is 52.5 Å². The Morgan fingerprint density at radius 3 is 2.58 bits per heavy atom. The van der Waals surface area contributed by atoms with Crippen LogP contribution in [-0.2, 0) is 4.79 Å². The molecule has 0 N–H and O–H groups in total. The Kier molecular flexibility index (Phi) is 4.61. The van der Waals surface area contributed by atoms with E-state index in [4.69, 9.17) is 0 Å². The number of allylic oxidation sites excluding steroid dienone is 1. The molecule has 1 aromatic rings. The van der Waals surface area contributed by atoms with E-state index in [1.165, 1.54) is 16.2 Å². The second-order valence-electron chi connectivity index (χ2n) is 7.35. The van der Waals surface area contributed by atoms with Gasteiger partial charge in [0.2, 0.25) is 0 Å². The van der Waals surface area contributed by atoms with E-state index in [2.05, 4.69) is 57.5 Å². The van der Waals surface area contributed by atoms with Crippen molar-refractivity contribution in [2.24, 2.45) is 0 Å². The summed E-state index contributed by atoms with van der Waals surface area (Å²) < 4.78 is 0. The molecule has 0 aromatic heterocycles. The number of hydrogen-bond acceptors (Lipinski definition) is 4. The van der Waals surface area contributed by atoms with Crippen molar-refractivity contribution in [1.82, 2.24) is 4.90 Å². The zero-order valence-electron chi connectivity index (χ0n) is 15.9. The Hall–Kier alpha value is -2.27. The van der Waals surface area contributed by atoms with Crippen LogP contribution >= 0.6 is 11.8 Å². The van der Waals surface area contributed by atoms with Crippen LogP contribution in [0.2, 0.25) is 0 Å². The van der Waals surface area contributed by atoms with E-state index in [1.54, 1.807) is 6.08 Å². The standard InChI is InChI=1S/C21H24N2O2S/c1-7-8-23-19(24)18(26-20(23)25)11-15-10-16-14(3)12-21(4,5)22(6)17(16)9-13(15)2/h7,9-12H,1,8H2,2-6H3/b18-11+. The molecule has 2 aliphatic heterocycles. The summed E-state index contributed by atoms with van der Waals surface area (Å²) in [6.45, 7) is 12.4. The van der Waals surface area contributed by atoms with Crippen LogP contribution in [0.4, 0.5) is 10.5 Å². The quantitative estimate of drug-likeness (QED) is 0.565. The van der Waals surface area contributed by atoms with Gasteiger partial charge in [-0.25, -0.2) is 0 Å². The number of amides is 2. The van der Waals surface area contributed by atoms with Crippen molar-refractivity contribution in [3.8, 4) is 0 Å². The fourth-order valence-electron chi connectivity index (χ4n) is 3.40. The lowest BCUT2D eigenvalue weighted by atomic mass is 9.87. The number of rotatable bonds is 3. The minimum atomic E-state index is -0.248. The lowest BCUT2D eigenvalue weighted by molar-refractivity contribution is -0.122. The molecule has 2 amide bonds. The third kappa shape index (κ3) is 3.01. The molecule has 1 saturated heterocycles. The van der Waals surface area contributed by atoms with Crippen LogP contribution in [0.1, 0.15) is 37.5 Å². The zero-order valence-corrected chi connectivity index (χ0v) is 16.7. The highest BCUT2D eigenvalue weighted by atomic mass is 32.2. The molecule has 0 bridgehead atoms. The zero-order chi connectivity index (χ0) is 19.2. The molecule has 0 saturated carbocycles. The molecule has 0 aliphatic carbocycles.